The van der Waals surface area contributed by atoms with Gasteiger partial charge in [0.05, 0.1) is 5.56 Å². The standard InChI is InChI=1S/C11H9F3O4/c12-11(13,14)7-3-1-2-6(4-7)8(15)5-9(16)10(17)18/h1-5,10,15,17-18H. The fourth-order valence-corrected chi connectivity index (χ4v) is 1.15. The van der Waals surface area contributed by atoms with Gasteiger partial charge in [0, 0.05) is 11.6 Å². The van der Waals surface area contributed by atoms with E-state index in [0.717, 1.165) is 18.2 Å². The molecule has 98 valence electrons. The number of hydrogen-bond donors (Lipinski definition) is 3. The molecule has 1 rings (SSSR count). The predicted molar refractivity (Wildman–Crippen MR) is 55.3 cm³/mol. The molecule has 0 aliphatic carbocycles. The number of alkyl halides is 3. The number of ketones is 1. The molecule has 0 aliphatic heterocycles. The van der Waals surface area contributed by atoms with Crippen molar-refractivity contribution in [3.05, 3.63) is 41.5 Å². The van der Waals surface area contributed by atoms with Gasteiger partial charge in [-0.25, -0.2) is 0 Å². The van der Waals surface area contributed by atoms with Crippen LogP contribution in [0.4, 0.5) is 13.2 Å². The lowest BCUT2D eigenvalue weighted by Gasteiger charge is -2.08. The second kappa shape index (κ2) is 5.19. The van der Waals surface area contributed by atoms with E-state index in [0.29, 0.717) is 12.1 Å². The van der Waals surface area contributed by atoms with E-state index in [1.165, 1.54) is 0 Å². The van der Waals surface area contributed by atoms with Crippen LogP contribution in [-0.4, -0.2) is 27.4 Å². The number of hydrogen-bond acceptors (Lipinski definition) is 4. The molecule has 0 bridgehead atoms. The first-order chi connectivity index (χ1) is 8.21. The lowest BCUT2D eigenvalue weighted by atomic mass is 10.1. The summed E-state index contributed by atoms with van der Waals surface area (Å²) in [7, 11) is 0. The maximum Gasteiger partial charge on any atom is 0.416 e. The zero-order chi connectivity index (χ0) is 13.9. The molecule has 0 radical (unpaired) electrons. The zero-order valence-electron chi connectivity index (χ0n) is 8.85. The normalized spacial score (nSPS) is 12.9. The van der Waals surface area contributed by atoms with Crippen molar-refractivity contribution in [3.8, 4) is 0 Å². The van der Waals surface area contributed by atoms with Crippen molar-refractivity contribution in [3.63, 3.8) is 0 Å². The van der Waals surface area contributed by atoms with Gasteiger partial charge in [0.1, 0.15) is 5.76 Å². The van der Waals surface area contributed by atoms with Crippen LogP contribution in [0.25, 0.3) is 5.76 Å². The maximum atomic E-state index is 12.4. The van der Waals surface area contributed by atoms with Crippen LogP contribution in [0.1, 0.15) is 11.1 Å². The van der Waals surface area contributed by atoms with E-state index in [4.69, 9.17) is 10.2 Å². The van der Waals surface area contributed by atoms with Gasteiger partial charge >= 0.3 is 6.18 Å². The van der Waals surface area contributed by atoms with Crippen molar-refractivity contribution in [2.45, 2.75) is 12.5 Å². The van der Waals surface area contributed by atoms with Gasteiger partial charge in [-0.2, -0.15) is 13.2 Å². The fourth-order valence-electron chi connectivity index (χ4n) is 1.15. The van der Waals surface area contributed by atoms with E-state index in [-0.39, 0.29) is 5.56 Å². The number of aliphatic hydroxyl groups is 3. The average Bonchev–Trinajstić information content (AvgIpc) is 2.27. The highest BCUT2D eigenvalue weighted by Gasteiger charge is 2.30. The monoisotopic (exact) mass is 262 g/mol. The number of aliphatic hydroxyl groups excluding tert-OH is 2. The first-order valence-electron chi connectivity index (χ1n) is 4.70. The first-order valence-corrected chi connectivity index (χ1v) is 4.70. The van der Waals surface area contributed by atoms with E-state index >= 15 is 0 Å². The summed E-state index contributed by atoms with van der Waals surface area (Å²) in [5, 5.41) is 26.3. The van der Waals surface area contributed by atoms with Crippen molar-refractivity contribution >= 4 is 11.5 Å². The number of rotatable bonds is 3. The molecule has 4 nitrogen and oxygen atoms in total. The van der Waals surface area contributed by atoms with Gasteiger partial charge in [-0.15, -0.1) is 0 Å². The first kappa shape index (κ1) is 14.2. The molecule has 0 aromatic heterocycles. The molecule has 3 N–H and O–H groups in total. The van der Waals surface area contributed by atoms with Crippen molar-refractivity contribution in [2.24, 2.45) is 0 Å². The van der Waals surface area contributed by atoms with Crippen molar-refractivity contribution in [1.82, 2.24) is 0 Å². The third-order valence-electron chi connectivity index (χ3n) is 2.02. The van der Waals surface area contributed by atoms with Crippen LogP contribution in [0.3, 0.4) is 0 Å². The van der Waals surface area contributed by atoms with Crippen LogP contribution in [0.15, 0.2) is 30.3 Å². The Morgan fingerprint density at radius 3 is 2.39 bits per heavy atom. The third kappa shape index (κ3) is 3.57. The largest absolute Gasteiger partial charge is 0.507 e. The van der Waals surface area contributed by atoms with E-state index in [2.05, 4.69) is 0 Å². The summed E-state index contributed by atoms with van der Waals surface area (Å²) in [6.45, 7) is 0. The summed E-state index contributed by atoms with van der Waals surface area (Å²) in [5.74, 6) is -2.01. The van der Waals surface area contributed by atoms with Crippen molar-refractivity contribution < 1.29 is 33.3 Å². The average molecular weight is 262 g/mol. The molecule has 0 atom stereocenters. The molecule has 18 heavy (non-hydrogen) atoms. The van der Waals surface area contributed by atoms with Gasteiger partial charge < -0.3 is 15.3 Å². The molecule has 0 aliphatic rings. The topological polar surface area (TPSA) is 77.8 Å². The number of halogens is 3. The van der Waals surface area contributed by atoms with Gasteiger partial charge in [0.15, 0.2) is 0 Å². The summed E-state index contributed by atoms with van der Waals surface area (Å²) >= 11 is 0. The Labute approximate surface area is 99.6 Å². The molecule has 7 heteroatoms. The van der Waals surface area contributed by atoms with Gasteiger partial charge in [0.25, 0.3) is 0 Å². The predicted octanol–water partition coefficient (Wildman–Crippen LogP) is 1.48. The minimum absolute atomic E-state index is 0.251. The van der Waals surface area contributed by atoms with Gasteiger partial charge in [0.2, 0.25) is 12.1 Å². The fraction of sp³-hybridized carbons (Fsp3) is 0.182. The van der Waals surface area contributed by atoms with Crippen LogP contribution < -0.4 is 0 Å². The molecule has 0 unspecified atom stereocenters. The molecule has 0 amide bonds. The minimum atomic E-state index is -4.57. The van der Waals surface area contributed by atoms with Gasteiger partial charge in [-0.05, 0) is 12.1 Å². The van der Waals surface area contributed by atoms with E-state index in [1.54, 1.807) is 0 Å². The summed E-state index contributed by atoms with van der Waals surface area (Å²) in [6, 6.07) is 3.66. The van der Waals surface area contributed by atoms with E-state index in [1.807, 2.05) is 0 Å². The van der Waals surface area contributed by atoms with Gasteiger partial charge in [-0.3, -0.25) is 4.79 Å². The van der Waals surface area contributed by atoms with Gasteiger partial charge in [-0.1, -0.05) is 12.1 Å². The Balaban J connectivity index is 3.08. The lowest BCUT2D eigenvalue weighted by Crippen LogP contribution is -2.17. The molecular formula is C11H9F3O4. The minimum Gasteiger partial charge on any atom is -0.507 e. The van der Waals surface area contributed by atoms with Crippen molar-refractivity contribution in [2.75, 3.05) is 0 Å². The number of carbonyl (C=O) groups is 1. The van der Waals surface area contributed by atoms with Crippen LogP contribution in [0.2, 0.25) is 0 Å². The Hall–Kier alpha value is -1.86. The zero-order valence-corrected chi connectivity index (χ0v) is 8.85. The number of carbonyl (C=O) groups excluding carboxylic acids is 1. The quantitative estimate of drug-likeness (QED) is 0.438. The van der Waals surface area contributed by atoms with Crippen LogP contribution in [0, 0.1) is 0 Å². The second-order valence-electron chi connectivity index (χ2n) is 3.38. The molecule has 1 aromatic rings. The smallest absolute Gasteiger partial charge is 0.416 e. The Morgan fingerprint density at radius 2 is 1.89 bits per heavy atom. The third-order valence-corrected chi connectivity index (χ3v) is 2.02. The molecule has 1 aromatic carbocycles. The molecule has 0 saturated carbocycles. The Bertz CT molecular complexity index is 477. The highest BCUT2D eigenvalue weighted by atomic mass is 19.4. The second-order valence-corrected chi connectivity index (χ2v) is 3.38. The highest BCUT2D eigenvalue weighted by Crippen LogP contribution is 2.30. The molecule has 0 fully saturated rings. The molecular weight excluding hydrogens is 253 g/mol. The molecule has 0 saturated heterocycles. The molecule has 0 spiro atoms. The van der Waals surface area contributed by atoms with Crippen LogP contribution in [0.5, 0.6) is 0 Å². The van der Waals surface area contributed by atoms with E-state index in [9.17, 15) is 23.1 Å². The van der Waals surface area contributed by atoms with E-state index < -0.39 is 29.6 Å². The summed E-state index contributed by atoms with van der Waals surface area (Å²) in [6.07, 6.45) is -6.45. The molecule has 0 heterocycles. The van der Waals surface area contributed by atoms with Crippen LogP contribution >= 0.6 is 0 Å². The highest BCUT2D eigenvalue weighted by molar-refractivity contribution is 5.97. The summed E-state index contributed by atoms with van der Waals surface area (Å²) in [5.41, 5.74) is -1.24. The summed E-state index contributed by atoms with van der Waals surface area (Å²) < 4.78 is 37.1. The maximum absolute atomic E-state index is 12.4. The Kier molecular flexibility index (Phi) is 4.10. The summed E-state index contributed by atoms with van der Waals surface area (Å²) in [4.78, 5) is 10.8. The lowest BCUT2D eigenvalue weighted by molar-refractivity contribution is -0.139. The number of benzene rings is 1. The van der Waals surface area contributed by atoms with Crippen LogP contribution in [-0.2, 0) is 11.0 Å². The van der Waals surface area contributed by atoms with Crippen molar-refractivity contribution in [1.29, 1.82) is 0 Å². The SMILES string of the molecule is O=C(C=C(O)c1cccc(C(F)(F)F)c1)C(O)O. The Morgan fingerprint density at radius 1 is 1.28 bits per heavy atom.